The summed E-state index contributed by atoms with van der Waals surface area (Å²) >= 11 is 3.52. The lowest BCUT2D eigenvalue weighted by atomic mass is 10.0. The molecule has 0 aliphatic heterocycles. The van der Waals surface area contributed by atoms with Gasteiger partial charge in [-0.05, 0) is 53.0 Å². The minimum Gasteiger partial charge on any atom is -0.488 e. The third-order valence-corrected chi connectivity index (χ3v) is 3.12. The van der Waals surface area contributed by atoms with Gasteiger partial charge in [0.25, 0.3) is 0 Å². The summed E-state index contributed by atoms with van der Waals surface area (Å²) in [6.07, 6.45) is 0.103. The zero-order valence-electron chi connectivity index (χ0n) is 10.5. The Balaban J connectivity index is 2.43. The molecule has 0 atom stereocenters. The van der Waals surface area contributed by atoms with Crippen LogP contribution in [0.3, 0.4) is 0 Å². The van der Waals surface area contributed by atoms with E-state index in [4.69, 9.17) is 10.5 Å². The van der Waals surface area contributed by atoms with Crippen molar-refractivity contribution in [1.29, 1.82) is 0 Å². The van der Waals surface area contributed by atoms with E-state index in [9.17, 15) is 0 Å². The van der Waals surface area contributed by atoms with Gasteiger partial charge in [0.05, 0.1) is 16.3 Å². The van der Waals surface area contributed by atoms with Crippen LogP contribution in [-0.4, -0.2) is 6.10 Å². The standard InChI is InChI=1S/C15H16BrNO/c1-10(2)18-15-13(16)8-12(9-14(15)17)11-6-4-3-5-7-11/h3-10H,17H2,1-2H3. The molecule has 0 bridgehead atoms. The fourth-order valence-corrected chi connectivity index (χ4v) is 2.34. The summed E-state index contributed by atoms with van der Waals surface area (Å²) < 4.78 is 6.58. The summed E-state index contributed by atoms with van der Waals surface area (Å²) in [6, 6.07) is 14.1. The molecule has 0 amide bonds. The minimum absolute atomic E-state index is 0.103. The van der Waals surface area contributed by atoms with Crippen molar-refractivity contribution >= 4 is 21.6 Å². The van der Waals surface area contributed by atoms with Crippen molar-refractivity contribution in [3.63, 3.8) is 0 Å². The van der Waals surface area contributed by atoms with Crippen molar-refractivity contribution in [1.82, 2.24) is 0 Å². The fourth-order valence-electron chi connectivity index (χ4n) is 1.77. The first-order valence-corrected chi connectivity index (χ1v) is 6.68. The molecule has 18 heavy (non-hydrogen) atoms. The first kappa shape index (κ1) is 13.0. The zero-order chi connectivity index (χ0) is 13.1. The number of benzene rings is 2. The molecular formula is C15H16BrNO. The van der Waals surface area contributed by atoms with Gasteiger partial charge in [0, 0.05) is 0 Å². The second-order valence-corrected chi connectivity index (χ2v) is 5.26. The Morgan fingerprint density at radius 1 is 1.06 bits per heavy atom. The number of rotatable bonds is 3. The molecule has 2 N–H and O–H groups in total. The zero-order valence-corrected chi connectivity index (χ0v) is 12.1. The quantitative estimate of drug-likeness (QED) is 0.848. The summed E-state index contributed by atoms with van der Waals surface area (Å²) in [5, 5.41) is 0. The van der Waals surface area contributed by atoms with Crippen molar-refractivity contribution in [2.75, 3.05) is 5.73 Å². The van der Waals surface area contributed by atoms with Gasteiger partial charge in [0.1, 0.15) is 0 Å². The number of anilines is 1. The summed E-state index contributed by atoms with van der Waals surface area (Å²) in [7, 11) is 0. The lowest BCUT2D eigenvalue weighted by Gasteiger charge is -2.15. The molecule has 0 heterocycles. The molecule has 0 aliphatic rings. The predicted molar refractivity (Wildman–Crippen MR) is 79.8 cm³/mol. The van der Waals surface area contributed by atoms with Crippen LogP contribution in [0.25, 0.3) is 11.1 Å². The third-order valence-electron chi connectivity index (χ3n) is 2.53. The molecule has 3 heteroatoms. The summed E-state index contributed by atoms with van der Waals surface area (Å²) in [4.78, 5) is 0. The number of ether oxygens (including phenoxy) is 1. The highest BCUT2D eigenvalue weighted by molar-refractivity contribution is 9.10. The molecule has 0 aromatic heterocycles. The molecule has 0 spiro atoms. The number of halogens is 1. The van der Waals surface area contributed by atoms with Gasteiger partial charge in [0.15, 0.2) is 5.75 Å². The van der Waals surface area contributed by atoms with Gasteiger partial charge in [-0.3, -0.25) is 0 Å². The largest absolute Gasteiger partial charge is 0.488 e. The normalized spacial score (nSPS) is 10.7. The molecule has 0 unspecified atom stereocenters. The summed E-state index contributed by atoms with van der Waals surface area (Å²) in [5.74, 6) is 0.713. The van der Waals surface area contributed by atoms with E-state index in [0.29, 0.717) is 11.4 Å². The Morgan fingerprint density at radius 2 is 1.72 bits per heavy atom. The Morgan fingerprint density at radius 3 is 2.28 bits per heavy atom. The molecule has 2 rings (SSSR count). The van der Waals surface area contributed by atoms with Crippen LogP contribution >= 0.6 is 15.9 Å². The highest BCUT2D eigenvalue weighted by atomic mass is 79.9. The van der Waals surface area contributed by atoms with Crippen molar-refractivity contribution in [2.45, 2.75) is 20.0 Å². The van der Waals surface area contributed by atoms with Gasteiger partial charge in [-0.25, -0.2) is 0 Å². The van der Waals surface area contributed by atoms with Crippen LogP contribution in [-0.2, 0) is 0 Å². The van der Waals surface area contributed by atoms with Gasteiger partial charge in [0.2, 0.25) is 0 Å². The van der Waals surface area contributed by atoms with Crippen LogP contribution in [0.15, 0.2) is 46.9 Å². The Bertz CT molecular complexity index is 514. The topological polar surface area (TPSA) is 35.2 Å². The van der Waals surface area contributed by atoms with Crippen molar-refractivity contribution < 1.29 is 4.74 Å². The molecule has 0 saturated carbocycles. The SMILES string of the molecule is CC(C)Oc1c(N)cc(-c2ccccc2)cc1Br. The van der Waals surface area contributed by atoms with E-state index >= 15 is 0 Å². The van der Waals surface area contributed by atoms with Crippen molar-refractivity contribution in [3.8, 4) is 16.9 Å². The average Bonchev–Trinajstić information content (AvgIpc) is 2.34. The highest BCUT2D eigenvalue weighted by Crippen LogP contribution is 2.36. The predicted octanol–water partition coefficient (Wildman–Crippen LogP) is 4.49. The second kappa shape index (κ2) is 5.44. The number of nitrogen functional groups attached to an aromatic ring is 1. The van der Waals surface area contributed by atoms with E-state index in [-0.39, 0.29) is 6.10 Å². The Labute approximate surface area is 116 Å². The first-order valence-electron chi connectivity index (χ1n) is 5.89. The molecule has 0 fully saturated rings. The van der Waals surface area contributed by atoms with E-state index in [1.807, 2.05) is 44.2 Å². The van der Waals surface area contributed by atoms with Crippen LogP contribution in [0.5, 0.6) is 5.75 Å². The molecule has 2 aromatic rings. The van der Waals surface area contributed by atoms with E-state index in [1.165, 1.54) is 0 Å². The van der Waals surface area contributed by atoms with Gasteiger partial charge >= 0.3 is 0 Å². The van der Waals surface area contributed by atoms with Gasteiger partial charge in [-0.15, -0.1) is 0 Å². The van der Waals surface area contributed by atoms with Crippen LogP contribution in [0.2, 0.25) is 0 Å². The lowest BCUT2D eigenvalue weighted by Crippen LogP contribution is -2.08. The van der Waals surface area contributed by atoms with E-state index < -0.39 is 0 Å². The van der Waals surface area contributed by atoms with Crippen LogP contribution in [0.4, 0.5) is 5.69 Å². The lowest BCUT2D eigenvalue weighted by molar-refractivity contribution is 0.242. The first-order chi connectivity index (χ1) is 8.58. The van der Waals surface area contributed by atoms with E-state index in [1.54, 1.807) is 0 Å². The monoisotopic (exact) mass is 305 g/mol. The van der Waals surface area contributed by atoms with E-state index in [2.05, 4.69) is 28.1 Å². The van der Waals surface area contributed by atoms with Crippen LogP contribution < -0.4 is 10.5 Å². The van der Waals surface area contributed by atoms with Crippen LogP contribution in [0, 0.1) is 0 Å². The number of hydrogen-bond donors (Lipinski definition) is 1. The molecule has 2 nitrogen and oxygen atoms in total. The van der Waals surface area contributed by atoms with Gasteiger partial charge in [-0.2, -0.15) is 0 Å². The van der Waals surface area contributed by atoms with Gasteiger partial charge < -0.3 is 10.5 Å². The maximum Gasteiger partial charge on any atom is 0.156 e. The van der Waals surface area contributed by atoms with Gasteiger partial charge in [-0.1, -0.05) is 30.3 Å². The summed E-state index contributed by atoms with van der Waals surface area (Å²) in [6.45, 7) is 3.97. The number of hydrogen-bond acceptors (Lipinski definition) is 2. The Hall–Kier alpha value is -1.48. The average molecular weight is 306 g/mol. The molecule has 2 aromatic carbocycles. The van der Waals surface area contributed by atoms with Crippen LogP contribution in [0.1, 0.15) is 13.8 Å². The Kier molecular flexibility index (Phi) is 3.92. The smallest absolute Gasteiger partial charge is 0.156 e. The maximum atomic E-state index is 6.05. The fraction of sp³-hybridized carbons (Fsp3) is 0.200. The molecule has 0 saturated heterocycles. The second-order valence-electron chi connectivity index (χ2n) is 4.41. The third kappa shape index (κ3) is 2.85. The van der Waals surface area contributed by atoms with Crippen molar-refractivity contribution in [3.05, 3.63) is 46.9 Å². The van der Waals surface area contributed by atoms with E-state index in [0.717, 1.165) is 15.6 Å². The molecule has 0 radical (unpaired) electrons. The van der Waals surface area contributed by atoms with Crippen molar-refractivity contribution in [2.24, 2.45) is 0 Å². The highest BCUT2D eigenvalue weighted by Gasteiger charge is 2.10. The molecule has 0 aliphatic carbocycles. The number of nitrogens with two attached hydrogens (primary N) is 1. The maximum absolute atomic E-state index is 6.05. The molecule has 94 valence electrons. The molecular weight excluding hydrogens is 290 g/mol. The summed E-state index contributed by atoms with van der Waals surface area (Å²) in [5.41, 5.74) is 8.92. The minimum atomic E-state index is 0.103.